The number of fused-ring (bicyclic) bond motifs is 2. The number of furan rings is 2. The number of hydrogen-bond acceptors (Lipinski definition) is 3. The van der Waals surface area contributed by atoms with Crippen molar-refractivity contribution in [3.63, 3.8) is 0 Å². The third-order valence-electron chi connectivity index (χ3n) is 3.44. The molecule has 0 spiro atoms. The molecular weight excluding hydrogens is 520 g/mol. The molecule has 0 fully saturated rings. The Labute approximate surface area is 198 Å². The smallest absolute Gasteiger partial charge is 0.134 e. The van der Waals surface area contributed by atoms with Gasteiger partial charge < -0.3 is 13.9 Å². The molecule has 1 N–H and O–H groups in total. The Bertz CT molecular complexity index is 945. The molecule has 2 aromatic heterocycles. The van der Waals surface area contributed by atoms with Crippen LogP contribution in [-0.2, 0) is 12.5 Å². The minimum absolute atomic E-state index is 0. The van der Waals surface area contributed by atoms with Gasteiger partial charge in [0, 0.05) is 21.9 Å². The topological polar surface area (TPSA) is 46.5 Å². The van der Waals surface area contributed by atoms with Gasteiger partial charge in [0.25, 0.3) is 0 Å². The largest absolute Gasteiger partial charge is 0.464 e. The predicted octanol–water partition coefficient (Wildman–Crippen LogP) is 10.0. The van der Waals surface area contributed by atoms with Gasteiger partial charge in [-0.25, -0.2) is 0 Å². The number of para-hydroxylation sites is 2. The summed E-state index contributed by atoms with van der Waals surface area (Å²) in [6.45, 7) is 0.0387. The van der Waals surface area contributed by atoms with Gasteiger partial charge in [-0.15, -0.1) is 11.6 Å². The maximum absolute atomic E-state index is 8.86. The molecule has 0 saturated heterocycles. The molecule has 4 rings (SSSR count). The van der Waals surface area contributed by atoms with Crippen LogP contribution in [0, 0.1) is 0 Å². The number of hydrogen-bond donors (Lipinski definition) is 1. The van der Waals surface area contributed by atoms with Crippen LogP contribution in [0.1, 0.15) is 18.6 Å². The minimum atomic E-state index is -3.69. The van der Waals surface area contributed by atoms with Crippen molar-refractivity contribution in [2.75, 3.05) is 0 Å². The minimum Gasteiger partial charge on any atom is -0.464 e. The van der Waals surface area contributed by atoms with Crippen LogP contribution in [0.3, 0.4) is 0 Å². The van der Waals surface area contributed by atoms with E-state index in [1.54, 1.807) is 12.5 Å². The monoisotopic (exact) mass is 536 g/mol. The summed E-state index contributed by atoms with van der Waals surface area (Å²) in [5.74, 6) is 0.511. The Morgan fingerprint density at radius 3 is 1.52 bits per heavy atom. The second-order valence-electron chi connectivity index (χ2n) is 5.44. The quantitative estimate of drug-likeness (QED) is 0.204. The molecule has 2 heterocycles. The fraction of sp³-hybridized carbons (Fsp3) is 0.158. The van der Waals surface area contributed by atoms with Crippen molar-refractivity contribution in [3.8, 4) is 0 Å². The zero-order chi connectivity index (χ0) is 20.8. The number of alkyl halides is 1. The Morgan fingerprint density at radius 2 is 1.10 bits per heavy atom. The van der Waals surface area contributed by atoms with Crippen molar-refractivity contribution < 1.29 is 13.9 Å². The molecule has 2 aromatic carbocycles. The summed E-state index contributed by atoms with van der Waals surface area (Å²) < 4.78 is 6.75. The van der Waals surface area contributed by atoms with E-state index >= 15 is 0 Å². The molecule has 0 aliphatic rings. The third kappa shape index (κ3) is 9.55. The van der Waals surface area contributed by atoms with Crippen molar-refractivity contribution in [2.24, 2.45) is 0 Å². The van der Waals surface area contributed by atoms with Crippen LogP contribution < -0.4 is 0 Å². The van der Waals surface area contributed by atoms with E-state index in [0.717, 1.165) is 33.1 Å². The molecule has 29 heavy (non-hydrogen) atoms. The molecule has 0 aliphatic carbocycles. The van der Waals surface area contributed by atoms with Crippen LogP contribution in [0.2, 0.25) is 0 Å². The molecule has 0 amide bonds. The molecule has 0 aliphatic heterocycles. The van der Waals surface area contributed by atoms with Gasteiger partial charge in [-0.05, 0) is 12.1 Å². The van der Waals surface area contributed by atoms with Crippen LogP contribution in [0.4, 0.5) is 0 Å². The molecule has 0 saturated carbocycles. The van der Waals surface area contributed by atoms with Gasteiger partial charge in [-0.3, -0.25) is 0 Å². The van der Waals surface area contributed by atoms with E-state index in [0.29, 0.717) is 5.88 Å². The summed E-state index contributed by atoms with van der Waals surface area (Å²) in [5.41, 5.74) is 3.64. The molecule has 0 radical (unpaired) electrons. The van der Waals surface area contributed by atoms with Gasteiger partial charge >= 0.3 is 59.6 Å². The standard InChI is InChI=1S/C9H7ClO.C9H8O2.CH4.Cl5P/c2*10-5-7-6-11-9-4-2-1-3-8(7)9;;1-6(2,3,4)5/h1-4,6H,5H2;1-4,6,10H,5H2;1H4;. The van der Waals surface area contributed by atoms with Gasteiger partial charge in [-0.2, -0.15) is 0 Å². The number of rotatable bonds is 2. The van der Waals surface area contributed by atoms with E-state index in [1.807, 2.05) is 48.5 Å². The van der Waals surface area contributed by atoms with Gasteiger partial charge in [-0.1, -0.05) is 43.8 Å². The molecule has 4 aromatic rings. The number of aliphatic hydroxyl groups is 1. The van der Waals surface area contributed by atoms with E-state index in [4.69, 9.17) is 81.7 Å². The SMILES string of the molecule is C.ClCc1coc2ccccc12.ClP(Cl)(Cl)(Cl)Cl.OCc1coc2ccccc12. The average molecular weight is 539 g/mol. The first-order valence-electron chi connectivity index (χ1n) is 7.75. The number of halogens is 6. The molecule has 160 valence electrons. The summed E-state index contributed by atoms with van der Waals surface area (Å²) in [7, 11) is 0. The van der Waals surface area contributed by atoms with Crippen LogP contribution in [0.15, 0.2) is 69.9 Å². The maximum atomic E-state index is 8.86. The first-order valence-corrected chi connectivity index (χ1v) is 15.0. The summed E-state index contributed by atoms with van der Waals surface area (Å²) >= 11 is 30.6. The molecule has 0 atom stereocenters. The van der Waals surface area contributed by atoms with Crippen LogP contribution in [0.5, 0.6) is 0 Å². The van der Waals surface area contributed by atoms with Crippen LogP contribution >= 0.6 is 71.2 Å². The Balaban J connectivity index is 0.000000225. The van der Waals surface area contributed by atoms with Crippen LogP contribution in [0.25, 0.3) is 21.9 Å². The van der Waals surface area contributed by atoms with Gasteiger partial charge in [0.2, 0.25) is 0 Å². The fourth-order valence-corrected chi connectivity index (χ4v) is 2.50. The summed E-state index contributed by atoms with van der Waals surface area (Å²) in [6.07, 6.45) is 3.29. The first kappa shape index (κ1) is 26.7. The van der Waals surface area contributed by atoms with Crippen LogP contribution in [-0.4, -0.2) is 5.11 Å². The number of aliphatic hydroxyl groups excluding tert-OH is 1. The predicted molar refractivity (Wildman–Crippen MR) is 131 cm³/mol. The van der Waals surface area contributed by atoms with Crippen molar-refractivity contribution >= 4 is 93.1 Å². The summed E-state index contributed by atoms with van der Waals surface area (Å²) in [4.78, 5) is 0. The second-order valence-corrected chi connectivity index (χ2v) is 22.3. The molecule has 0 bridgehead atoms. The fourth-order valence-electron chi connectivity index (χ4n) is 2.29. The van der Waals surface area contributed by atoms with E-state index in [2.05, 4.69) is 0 Å². The average Bonchev–Trinajstić information content (AvgIpc) is 3.24. The summed E-state index contributed by atoms with van der Waals surface area (Å²) in [6, 6.07) is 15.5. The van der Waals surface area contributed by atoms with Crippen molar-refractivity contribution in [3.05, 3.63) is 72.2 Å². The van der Waals surface area contributed by atoms with Gasteiger partial charge in [0.15, 0.2) is 0 Å². The third-order valence-corrected chi connectivity index (χ3v) is 3.72. The van der Waals surface area contributed by atoms with Crippen molar-refractivity contribution in [1.82, 2.24) is 0 Å². The van der Waals surface area contributed by atoms with E-state index < -0.39 is 3.37 Å². The van der Waals surface area contributed by atoms with Gasteiger partial charge in [0.05, 0.1) is 25.0 Å². The van der Waals surface area contributed by atoms with Crippen molar-refractivity contribution in [1.29, 1.82) is 0 Å². The molecular formula is C19H19Cl6O3P. The number of benzene rings is 2. The molecule has 3 nitrogen and oxygen atoms in total. The molecule has 0 unspecified atom stereocenters. The molecule has 10 heteroatoms. The Hall–Kier alpha value is -0.350. The zero-order valence-corrected chi connectivity index (χ0v) is 19.6. The Morgan fingerprint density at radius 1 is 0.724 bits per heavy atom. The zero-order valence-electron chi connectivity index (χ0n) is 14.2. The Kier molecular flexibility index (Phi) is 10.4. The van der Waals surface area contributed by atoms with E-state index in [-0.39, 0.29) is 14.0 Å². The second kappa shape index (κ2) is 11.3. The van der Waals surface area contributed by atoms with E-state index in [9.17, 15) is 0 Å². The summed E-state index contributed by atoms with van der Waals surface area (Å²) in [5, 5.41) is 11.0. The van der Waals surface area contributed by atoms with Crippen molar-refractivity contribution in [2.45, 2.75) is 19.9 Å². The van der Waals surface area contributed by atoms with E-state index in [1.165, 1.54) is 0 Å². The normalized spacial score (nSPS) is 12.0. The maximum Gasteiger partial charge on any atom is 0.134 e. The first-order chi connectivity index (χ1) is 13.1. The van der Waals surface area contributed by atoms with Gasteiger partial charge in [0.1, 0.15) is 11.2 Å².